The molecule has 18 heteroatoms. The van der Waals surface area contributed by atoms with Crippen molar-refractivity contribution in [2.75, 3.05) is 139 Å². The molecule has 11 nitrogen and oxygen atoms in total. The molecule has 0 aliphatic carbocycles. The fraction of sp³-hybridized carbons (Fsp3) is 1.00. The van der Waals surface area contributed by atoms with Crippen molar-refractivity contribution in [3.8, 4) is 0 Å². The van der Waals surface area contributed by atoms with Crippen LogP contribution in [0.5, 0.6) is 0 Å². The van der Waals surface area contributed by atoms with Gasteiger partial charge in [0.05, 0.1) is 0 Å². The van der Waals surface area contributed by atoms with Crippen molar-refractivity contribution in [2.45, 2.75) is 446 Å². The van der Waals surface area contributed by atoms with Crippen LogP contribution >= 0.6 is 0 Å². The Balaban J connectivity index is -0.0000000868. The van der Waals surface area contributed by atoms with Crippen LogP contribution in [-0.4, -0.2) is 189 Å². The summed E-state index contributed by atoms with van der Waals surface area (Å²) in [5.74, 6) is 5.38. The summed E-state index contributed by atoms with van der Waals surface area (Å²) in [6.07, 6.45) is 28.6. The SMILES string of the molecule is C.C.C.C.C.C.C.CC(C)(C)C1CCCCC[N-]1.CC(C)(C)C1CCCC[N-]1.CC(C)(C)C1CCCC[N-]C1.CC(C)(C)C1CCC[N-]1.CC(C)(C)C1CC[N-]1.CC(C)(C)C1C[N-]1.CC(C)(C)C1C[N-]C1.CN1CCC(C(C)(C)C)C1.CN1CCC(C(C)(C)C)CC1.CN1CCCC(C(C)(C)C)C1.CN1CCCC(C(C)(C)C)CC1.[W].[W].[W].[W].[W].[W].[W]. The standard InChI is InChI=1S/C11H23N.2C10H21N.2C10H20N.C9H19N.C9H18N.C8H16N.2C7H14N.C6H12N.7CH4.7W/c1-11(2,3)10-6-5-8-12(4)9-7-10;1-10(2,3)9-5-7-11(4)8-6-9;1-10(2,3)9-6-5-7-11(4)8-9;1-10(2,3)9-6-4-5-7-11-8-9;1-10(2,3)9-7-5-4-6-8-11-9;1-9(2,3)8-5-6-10(4)7-8;1-9(2,3)8-6-4-5-7-10-8;1-8(2,3)7-5-4-6-9-7;1-7(2,3)6-4-8-5-6;1-7(2,3)6-4-5-8-6;1-6(2,3)5-4-7-5;;;;;;;;;;;;;;/h10H,5-9H2,1-4H3;2*9H,5-8H2,1-4H3;2*9H,4-8H2,1-3H3;8H,5-7H2,1-4H3;8H,4-7H2,1-3H3;7H,4-6H2,1-3H3;2*6H,4-5H2,1-3H3;5H,4H2,1-3H3;7*1H4;;;;;;;/q;;;2*-1;;5*-1;;;;;;;;;;;;;;. The molecule has 122 heavy (non-hydrogen) atoms. The summed E-state index contributed by atoms with van der Waals surface area (Å²) in [7, 11) is 8.91. The van der Waals surface area contributed by atoms with Crippen molar-refractivity contribution in [3.05, 3.63) is 37.2 Å². The number of rotatable bonds is 0. The molecule has 11 rings (SSSR count). The molecule has 0 N–H and O–H groups in total. The minimum Gasteiger partial charge on any atom is -0.662 e. The number of nitrogens with zero attached hydrogens (tertiary/aromatic N) is 11. The first-order valence-corrected chi connectivity index (χ1v) is 45.6. The van der Waals surface area contributed by atoms with Gasteiger partial charge in [0.25, 0.3) is 0 Å². The molecule has 11 aliphatic rings. The Morgan fingerprint density at radius 3 is 0.680 bits per heavy atom. The van der Waals surface area contributed by atoms with Crippen LogP contribution in [0.2, 0.25) is 0 Å². The first-order valence-electron chi connectivity index (χ1n) is 45.6. The van der Waals surface area contributed by atoms with E-state index in [0.29, 0.717) is 89.8 Å². The molecule has 0 radical (unpaired) electrons. The molecule has 0 aromatic rings. The van der Waals surface area contributed by atoms with E-state index in [1.807, 2.05) is 0 Å². The van der Waals surface area contributed by atoms with Gasteiger partial charge in [-0.05, 0) is 175 Å². The normalized spacial score (nSPS) is 24.7. The average Bonchev–Trinajstić information content (AvgIpc) is 1.88. The minimum atomic E-state index is 0. The molecule has 0 bridgehead atoms. The first-order chi connectivity index (χ1) is 49.2. The average molecular weight is 2920 g/mol. The third kappa shape index (κ3) is 75.5. The van der Waals surface area contributed by atoms with Crippen molar-refractivity contribution < 1.29 is 147 Å². The zero-order valence-corrected chi connectivity index (χ0v) is 104. The van der Waals surface area contributed by atoms with Gasteiger partial charge in [0, 0.05) is 161 Å². The fourth-order valence-electron chi connectivity index (χ4n) is 16.0. The van der Waals surface area contributed by atoms with E-state index in [9.17, 15) is 0 Å². The molecule has 11 saturated heterocycles. The quantitative estimate of drug-likeness (QED) is 0.225. The van der Waals surface area contributed by atoms with E-state index in [1.165, 1.54) is 187 Å². The number of hydrogen-bond acceptors (Lipinski definition) is 4. The van der Waals surface area contributed by atoms with Crippen LogP contribution in [0.25, 0.3) is 37.2 Å². The smallest absolute Gasteiger partial charge is 0.00121 e. The van der Waals surface area contributed by atoms with Crippen molar-refractivity contribution in [1.82, 2.24) is 19.6 Å². The van der Waals surface area contributed by atoms with Gasteiger partial charge in [-0.25, -0.2) is 0 Å². The molecule has 11 heterocycles. The number of likely N-dealkylation sites (tertiary alicyclic amines) is 4. The molecule has 0 saturated carbocycles. The second-order valence-corrected chi connectivity index (χ2v) is 47.8. The van der Waals surface area contributed by atoms with Gasteiger partial charge < -0.3 is 56.8 Å². The Hall–Kier alpha value is 4.38. The summed E-state index contributed by atoms with van der Waals surface area (Å²) in [6.45, 7) is 96.4. The predicted octanol–water partition coefficient (Wildman–Crippen LogP) is 32.0. The Labute approximate surface area is 875 Å². The van der Waals surface area contributed by atoms with E-state index in [1.54, 1.807) is 0 Å². The molecule has 11 fully saturated rings. The molecule has 0 amide bonds. The predicted molar refractivity (Wildman–Crippen MR) is 535 cm³/mol. The van der Waals surface area contributed by atoms with Gasteiger partial charge in [-0.15, -0.1) is 70.0 Å². The number of piperidine rings is 3. The van der Waals surface area contributed by atoms with E-state index in [4.69, 9.17) is 5.32 Å². The molecule has 9 atom stereocenters. The van der Waals surface area contributed by atoms with Crippen molar-refractivity contribution in [1.29, 1.82) is 0 Å². The Morgan fingerprint density at radius 2 is 0.418 bits per heavy atom. The van der Waals surface area contributed by atoms with E-state index >= 15 is 0 Å². The third-order valence-electron chi connectivity index (χ3n) is 26.0. The Bertz CT molecular complexity index is 2130. The van der Waals surface area contributed by atoms with E-state index < -0.39 is 0 Å². The molecule has 0 aromatic carbocycles. The van der Waals surface area contributed by atoms with E-state index in [2.05, 4.69) is 308 Å². The molecule has 9 unspecified atom stereocenters. The van der Waals surface area contributed by atoms with Crippen molar-refractivity contribution >= 4 is 0 Å². The van der Waals surface area contributed by atoms with Crippen LogP contribution in [0, 0.1) is 95.1 Å². The Kier molecular flexibility index (Phi) is 97.2. The van der Waals surface area contributed by atoms with Crippen LogP contribution < -0.4 is 0 Å². The second-order valence-electron chi connectivity index (χ2n) is 47.8. The summed E-state index contributed by atoms with van der Waals surface area (Å²) in [6, 6.07) is 3.21. The van der Waals surface area contributed by atoms with E-state index in [0.717, 1.165) is 94.4 Å². The zero-order chi connectivity index (χ0) is 83.0. The summed E-state index contributed by atoms with van der Waals surface area (Å²) in [5.41, 5.74) is 5.13. The van der Waals surface area contributed by atoms with Gasteiger partial charge in [0.2, 0.25) is 0 Å². The van der Waals surface area contributed by atoms with Gasteiger partial charge >= 0.3 is 0 Å². The third-order valence-corrected chi connectivity index (χ3v) is 26.0. The Morgan fingerprint density at radius 1 is 0.180 bits per heavy atom. The van der Waals surface area contributed by atoms with Gasteiger partial charge in [-0.3, -0.25) is 0 Å². The van der Waals surface area contributed by atoms with E-state index in [-0.39, 0.29) is 199 Å². The fourth-order valence-corrected chi connectivity index (χ4v) is 16.0. The molecule has 746 valence electrons. The topological polar surface area (TPSA) is 112 Å². The molecule has 0 aromatic heterocycles. The first kappa shape index (κ1) is 157. The molecule has 0 spiro atoms. The van der Waals surface area contributed by atoms with Crippen LogP contribution in [0.3, 0.4) is 0 Å². The maximum Gasteiger partial charge on any atom is 0.00121 e. The minimum absolute atomic E-state index is 0. The van der Waals surface area contributed by atoms with Gasteiger partial charge in [-0.1, -0.05) is 403 Å². The second kappa shape index (κ2) is 75.4. The van der Waals surface area contributed by atoms with Crippen molar-refractivity contribution in [3.63, 3.8) is 0 Å². The van der Waals surface area contributed by atoms with Crippen LogP contribution in [0.4, 0.5) is 0 Å². The maximum absolute atomic E-state index is 4.69. The van der Waals surface area contributed by atoms with Crippen LogP contribution in [0.1, 0.15) is 415 Å². The summed E-state index contributed by atoms with van der Waals surface area (Å²) in [5, 5.41) is 31.0. The molecular weight excluding hydrogens is 2690 g/mol. The monoisotopic (exact) mass is 2920 g/mol. The maximum atomic E-state index is 4.69. The molecule has 11 aliphatic heterocycles. The van der Waals surface area contributed by atoms with Crippen molar-refractivity contribution in [2.24, 2.45) is 95.1 Å². The summed E-state index contributed by atoms with van der Waals surface area (Å²) >= 11 is 0. The number of hydrogen-bond donors (Lipinski definition) is 0. The van der Waals surface area contributed by atoms with Gasteiger partial charge in [0.1, 0.15) is 0 Å². The van der Waals surface area contributed by atoms with Gasteiger partial charge in [0.15, 0.2) is 0 Å². The molecular formula is C104H226N11W7-7. The largest absolute Gasteiger partial charge is 0.662 e. The van der Waals surface area contributed by atoms with Gasteiger partial charge in [-0.2, -0.15) is 19.1 Å². The zero-order valence-electron chi connectivity index (χ0n) is 83.5. The van der Waals surface area contributed by atoms with Crippen LogP contribution in [-0.2, 0) is 147 Å². The summed E-state index contributed by atoms with van der Waals surface area (Å²) < 4.78 is 0. The van der Waals surface area contributed by atoms with Crippen LogP contribution in [0.15, 0.2) is 0 Å². The summed E-state index contributed by atoms with van der Waals surface area (Å²) in [4.78, 5) is 9.78.